The van der Waals surface area contributed by atoms with Crippen LogP contribution in [0.3, 0.4) is 0 Å². The number of rotatable bonds is 4. The molecule has 0 saturated carbocycles. The van der Waals surface area contributed by atoms with Gasteiger partial charge in [-0.3, -0.25) is 14.4 Å². The van der Waals surface area contributed by atoms with Gasteiger partial charge in [0.2, 0.25) is 0 Å². The molecule has 0 bridgehead atoms. The number of carbonyl (C=O) groups is 1. The first kappa shape index (κ1) is 11.1. The lowest BCUT2D eigenvalue weighted by atomic mass is 10.2. The quantitative estimate of drug-likeness (QED) is 0.727. The summed E-state index contributed by atoms with van der Waals surface area (Å²) in [6.07, 6.45) is 3.12. The molecule has 16 heavy (non-hydrogen) atoms. The molecule has 0 unspecified atom stereocenters. The van der Waals surface area contributed by atoms with E-state index in [0.29, 0.717) is 19.6 Å². The van der Waals surface area contributed by atoms with E-state index >= 15 is 0 Å². The smallest absolute Gasteiger partial charge is 0.304 e. The lowest BCUT2D eigenvalue weighted by Crippen LogP contribution is -2.24. The second kappa shape index (κ2) is 4.63. The molecule has 6 heteroatoms. The van der Waals surface area contributed by atoms with Crippen molar-refractivity contribution in [3.8, 4) is 0 Å². The number of aliphatic carboxylic acids is 1. The Bertz CT molecular complexity index is 352. The maximum absolute atomic E-state index is 10.4. The first-order valence-corrected chi connectivity index (χ1v) is 5.28. The average molecular weight is 225 g/mol. The van der Waals surface area contributed by atoms with Crippen LogP contribution in [0.25, 0.3) is 0 Å². The summed E-state index contributed by atoms with van der Waals surface area (Å²) < 4.78 is 1.73. The summed E-state index contributed by atoms with van der Waals surface area (Å²) in [6, 6.07) is 1.75. The highest BCUT2D eigenvalue weighted by atomic mass is 16.4. The molecule has 1 aromatic rings. The summed E-state index contributed by atoms with van der Waals surface area (Å²) in [6.45, 7) is 1.64. The monoisotopic (exact) mass is 225 g/mol. The van der Waals surface area contributed by atoms with E-state index in [1.807, 2.05) is 17.2 Å². The van der Waals surface area contributed by atoms with E-state index < -0.39 is 12.1 Å². The number of hydrogen-bond acceptors (Lipinski definition) is 4. The van der Waals surface area contributed by atoms with Crippen LogP contribution in [0.1, 0.15) is 12.5 Å². The number of aromatic nitrogens is 2. The van der Waals surface area contributed by atoms with Crippen molar-refractivity contribution in [2.24, 2.45) is 0 Å². The zero-order valence-corrected chi connectivity index (χ0v) is 8.86. The number of likely N-dealkylation sites (tertiary alicyclic amines) is 1. The highest BCUT2D eigenvalue weighted by Crippen LogP contribution is 2.21. The van der Waals surface area contributed by atoms with Crippen molar-refractivity contribution in [3.63, 3.8) is 0 Å². The lowest BCUT2D eigenvalue weighted by molar-refractivity contribution is -0.137. The molecule has 0 spiro atoms. The highest BCUT2D eigenvalue weighted by Gasteiger charge is 2.32. The molecule has 2 rings (SSSR count). The predicted molar refractivity (Wildman–Crippen MR) is 56.0 cm³/mol. The van der Waals surface area contributed by atoms with Crippen molar-refractivity contribution < 1.29 is 15.0 Å². The van der Waals surface area contributed by atoms with Gasteiger partial charge in [-0.1, -0.05) is 0 Å². The van der Waals surface area contributed by atoms with Gasteiger partial charge in [0.25, 0.3) is 0 Å². The summed E-state index contributed by atoms with van der Waals surface area (Å²) in [5.74, 6) is -0.808. The largest absolute Gasteiger partial charge is 0.481 e. The van der Waals surface area contributed by atoms with Gasteiger partial charge in [-0.2, -0.15) is 5.10 Å². The van der Waals surface area contributed by atoms with Crippen LogP contribution >= 0.6 is 0 Å². The Labute approximate surface area is 93.1 Å². The minimum Gasteiger partial charge on any atom is -0.481 e. The fraction of sp³-hybridized carbons (Fsp3) is 0.600. The highest BCUT2D eigenvalue weighted by molar-refractivity contribution is 5.66. The summed E-state index contributed by atoms with van der Waals surface area (Å²) in [7, 11) is 0. The van der Waals surface area contributed by atoms with Crippen LogP contribution in [-0.4, -0.2) is 56.6 Å². The van der Waals surface area contributed by atoms with Crippen molar-refractivity contribution in [2.45, 2.75) is 18.6 Å². The minimum atomic E-state index is -0.808. The van der Waals surface area contributed by atoms with Crippen molar-refractivity contribution in [2.75, 3.05) is 19.6 Å². The Morgan fingerprint density at radius 1 is 1.50 bits per heavy atom. The van der Waals surface area contributed by atoms with E-state index in [4.69, 9.17) is 5.11 Å². The third-order valence-corrected chi connectivity index (χ3v) is 2.84. The number of hydrogen-bond donors (Lipinski definition) is 2. The van der Waals surface area contributed by atoms with Crippen LogP contribution in [0.5, 0.6) is 0 Å². The van der Waals surface area contributed by atoms with Crippen molar-refractivity contribution >= 4 is 5.97 Å². The first-order chi connectivity index (χ1) is 7.66. The van der Waals surface area contributed by atoms with Crippen molar-refractivity contribution in [3.05, 3.63) is 18.5 Å². The number of nitrogens with zero attached hydrogens (tertiary/aromatic N) is 3. The van der Waals surface area contributed by atoms with Gasteiger partial charge in [0.15, 0.2) is 0 Å². The SMILES string of the molecule is O=C(O)CCN1C[C@@H](O)[C@H](n2cccn2)C1. The van der Waals surface area contributed by atoms with Gasteiger partial charge in [0.05, 0.1) is 18.6 Å². The zero-order chi connectivity index (χ0) is 11.5. The Morgan fingerprint density at radius 2 is 2.31 bits per heavy atom. The average Bonchev–Trinajstić information content (AvgIpc) is 2.83. The molecular formula is C10H15N3O3. The molecule has 0 amide bonds. The number of carboxylic acid groups (broad SMARTS) is 1. The second-order valence-electron chi connectivity index (χ2n) is 4.02. The Kier molecular flexibility index (Phi) is 3.21. The maximum Gasteiger partial charge on any atom is 0.304 e. The third kappa shape index (κ3) is 2.40. The van der Waals surface area contributed by atoms with Crippen LogP contribution < -0.4 is 0 Å². The van der Waals surface area contributed by atoms with Gasteiger partial charge >= 0.3 is 5.97 Å². The lowest BCUT2D eigenvalue weighted by Gasteiger charge is -2.14. The fourth-order valence-electron chi connectivity index (χ4n) is 2.02. The first-order valence-electron chi connectivity index (χ1n) is 5.28. The number of β-amino-alcohol motifs (C(OH)–C–C–N with tert-alkyl or cyclic N) is 1. The third-order valence-electron chi connectivity index (χ3n) is 2.84. The van der Waals surface area contributed by atoms with Crippen LogP contribution in [0.4, 0.5) is 0 Å². The molecule has 6 nitrogen and oxygen atoms in total. The molecule has 2 N–H and O–H groups in total. The van der Waals surface area contributed by atoms with Crippen LogP contribution in [0.2, 0.25) is 0 Å². The van der Waals surface area contributed by atoms with Crippen LogP contribution in [-0.2, 0) is 4.79 Å². The zero-order valence-electron chi connectivity index (χ0n) is 8.86. The molecule has 0 aliphatic carbocycles. The molecule has 88 valence electrons. The topological polar surface area (TPSA) is 78.6 Å². The Morgan fingerprint density at radius 3 is 2.94 bits per heavy atom. The molecule has 1 aliphatic rings. The van der Waals surface area contributed by atoms with Gasteiger partial charge in [0, 0.05) is 32.0 Å². The van der Waals surface area contributed by atoms with E-state index in [0.717, 1.165) is 0 Å². The van der Waals surface area contributed by atoms with E-state index in [9.17, 15) is 9.90 Å². The van der Waals surface area contributed by atoms with E-state index in [1.54, 1.807) is 10.9 Å². The number of aliphatic hydroxyl groups is 1. The molecule has 2 heterocycles. The predicted octanol–water partition coefficient (Wildman–Crippen LogP) is -0.425. The molecule has 1 aromatic heterocycles. The molecular weight excluding hydrogens is 210 g/mol. The minimum absolute atomic E-state index is 0.0659. The molecule has 1 aliphatic heterocycles. The molecule has 0 radical (unpaired) electrons. The molecule has 2 atom stereocenters. The standard InChI is InChI=1S/C10H15N3O3/c14-9-7-12(5-2-10(15)16)6-8(9)13-4-1-3-11-13/h1,3-4,8-9,14H,2,5-7H2,(H,15,16)/t8-,9-/m1/s1. The van der Waals surface area contributed by atoms with Crippen molar-refractivity contribution in [1.82, 2.24) is 14.7 Å². The molecule has 0 aromatic carbocycles. The maximum atomic E-state index is 10.4. The number of aliphatic hydroxyl groups excluding tert-OH is 1. The van der Waals surface area contributed by atoms with Gasteiger partial charge < -0.3 is 10.2 Å². The van der Waals surface area contributed by atoms with Gasteiger partial charge in [-0.15, -0.1) is 0 Å². The van der Waals surface area contributed by atoms with E-state index in [-0.39, 0.29) is 12.5 Å². The molecule has 1 fully saturated rings. The summed E-state index contributed by atoms with van der Waals surface area (Å²) in [4.78, 5) is 12.4. The van der Waals surface area contributed by atoms with Crippen LogP contribution in [0.15, 0.2) is 18.5 Å². The fourth-order valence-corrected chi connectivity index (χ4v) is 2.02. The second-order valence-corrected chi connectivity index (χ2v) is 4.02. The van der Waals surface area contributed by atoms with Crippen LogP contribution in [0, 0.1) is 0 Å². The van der Waals surface area contributed by atoms with Gasteiger partial charge in [-0.05, 0) is 6.07 Å². The number of carboxylic acids is 1. The molecule has 1 saturated heterocycles. The Hall–Kier alpha value is -1.40. The van der Waals surface area contributed by atoms with E-state index in [1.165, 1.54) is 0 Å². The van der Waals surface area contributed by atoms with E-state index in [2.05, 4.69) is 5.10 Å². The van der Waals surface area contributed by atoms with Gasteiger partial charge in [0.1, 0.15) is 0 Å². The summed E-state index contributed by atoms with van der Waals surface area (Å²) in [5.41, 5.74) is 0. The Balaban J connectivity index is 1.92. The van der Waals surface area contributed by atoms with Gasteiger partial charge in [-0.25, -0.2) is 0 Å². The summed E-state index contributed by atoms with van der Waals surface area (Å²) in [5, 5.41) is 22.5. The normalized spacial score (nSPS) is 26.1. The van der Waals surface area contributed by atoms with Crippen molar-refractivity contribution in [1.29, 1.82) is 0 Å². The summed E-state index contributed by atoms with van der Waals surface area (Å²) >= 11 is 0.